The zero-order valence-electron chi connectivity index (χ0n) is 61.6. The number of aliphatic hydroxyl groups excluding tert-OH is 1. The Morgan fingerprint density at radius 2 is 0.447 bits per heavy atom. The lowest BCUT2D eigenvalue weighted by atomic mass is 10.0. The van der Waals surface area contributed by atoms with Crippen LogP contribution < -0.4 is 0 Å². The lowest BCUT2D eigenvalue weighted by molar-refractivity contribution is -0.161. The quantitative estimate of drug-likeness (QED) is 0.0222. The normalized spacial score (nSPS) is 14.2. The van der Waals surface area contributed by atoms with E-state index in [4.69, 9.17) is 37.0 Å². The first-order valence-corrected chi connectivity index (χ1v) is 41.7. The fraction of sp³-hybridized carbons (Fsp3) is 0.947. The summed E-state index contributed by atoms with van der Waals surface area (Å²) in [6.07, 6.45) is 48.9. The lowest BCUT2D eigenvalue weighted by Gasteiger charge is -2.21. The van der Waals surface area contributed by atoms with Gasteiger partial charge in [-0.2, -0.15) is 0 Å². The largest absolute Gasteiger partial charge is 0.472 e. The van der Waals surface area contributed by atoms with Crippen molar-refractivity contribution >= 4 is 39.5 Å². The lowest BCUT2D eigenvalue weighted by Crippen LogP contribution is -2.30. The van der Waals surface area contributed by atoms with Crippen molar-refractivity contribution in [1.82, 2.24) is 0 Å². The average molecular weight is 1380 g/mol. The van der Waals surface area contributed by atoms with Gasteiger partial charge in [0, 0.05) is 25.7 Å². The van der Waals surface area contributed by atoms with E-state index in [-0.39, 0.29) is 25.7 Å². The number of phosphoric ester groups is 2. The van der Waals surface area contributed by atoms with Crippen molar-refractivity contribution < 1.29 is 80.2 Å². The maximum absolute atomic E-state index is 13.1. The van der Waals surface area contributed by atoms with Crippen molar-refractivity contribution in [2.45, 2.75) is 395 Å². The first kappa shape index (κ1) is 92.1. The van der Waals surface area contributed by atoms with E-state index in [1.807, 2.05) is 0 Å². The summed E-state index contributed by atoms with van der Waals surface area (Å²) < 4.78 is 68.4. The number of carbonyl (C=O) groups excluding carboxylic acids is 4. The minimum atomic E-state index is -4.96. The smallest absolute Gasteiger partial charge is 0.462 e. The first-order valence-electron chi connectivity index (χ1n) is 38.7. The van der Waals surface area contributed by atoms with Gasteiger partial charge >= 0.3 is 39.5 Å². The summed E-state index contributed by atoms with van der Waals surface area (Å²) in [6.45, 7) is 14.1. The number of hydrogen-bond acceptors (Lipinski definition) is 15. The zero-order valence-corrected chi connectivity index (χ0v) is 63.4. The van der Waals surface area contributed by atoms with Crippen molar-refractivity contribution in [3.05, 3.63) is 0 Å². The van der Waals surface area contributed by atoms with Crippen LogP contribution in [0.25, 0.3) is 0 Å². The van der Waals surface area contributed by atoms with Gasteiger partial charge in [0.05, 0.1) is 26.4 Å². The number of aliphatic hydroxyl groups is 1. The third kappa shape index (κ3) is 68.6. The summed E-state index contributed by atoms with van der Waals surface area (Å²) in [5.41, 5.74) is 0. The van der Waals surface area contributed by atoms with Crippen LogP contribution in [0.1, 0.15) is 376 Å². The van der Waals surface area contributed by atoms with E-state index < -0.39 is 97.5 Å². The van der Waals surface area contributed by atoms with Crippen LogP contribution in [0.5, 0.6) is 0 Å². The van der Waals surface area contributed by atoms with Gasteiger partial charge in [0.15, 0.2) is 12.2 Å². The van der Waals surface area contributed by atoms with Gasteiger partial charge in [-0.1, -0.05) is 325 Å². The van der Waals surface area contributed by atoms with Crippen molar-refractivity contribution in [2.75, 3.05) is 39.6 Å². The van der Waals surface area contributed by atoms with Gasteiger partial charge in [-0.25, -0.2) is 9.13 Å². The first-order chi connectivity index (χ1) is 45.1. The van der Waals surface area contributed by atoms with Crippen LogP contribution in [-0.2, 0) is 65.4 Å². The van der Waals surface area contributed by atoms with Crippen LogP contribution in [-0.4, -0.2) is 96.7 Å². The molecule has 0 spiro atoms. The highest BCUT2D eigenvalue weighted by atomic mass is 31.2. The van der Waals surface area contributed by atoms with Gasteiger partial charge in [-0.15, -0.1) is 0 Å². The second kappa shape index (κ2) is 64.4. The molecule has 19 heteroatoms. The zero-order chi connectivity index (χ0) is 69.6. The highest BCUT2D eigenvalue weighted by Gasteiger charge is 2.30. The van der Waals surface area contributed by atoms with Crippen LogP contribution >= 0.6 is 15.6 Å². The number of phosphoric acid groups is 2. The van der Waals surface area contributed by atoms with Crippen molar-refractivity contribution in [2.24, 2.45) is 23.7 Å². The molecule has 0 bridgehead atoms. The van der Waals surface area contributed by atoms with Crippen LogP contribution in [0.3, 0.4) is 0 Å². The SMILES string of the molecule is CC(C)CCCCCCCCCCCCCCCCCCCCC(=O)OC[C@H](COP(=O)(O)OCC(O)COP(=O)(O)OC[C@@H](COC(=O)CCCCCCCCCC(C)C)OC(=O)CCCCCCCCCCC(C)C)OC(=O)CCCCCCCCCCCC(C)C. The molecule has 94 heavy (non-hydrogen) atoms. The number of carbonyl (C=O) groups is 4. The molecular formula is C75H146O17P2. The molecule has 0 amide bonds. The van der Waals surface area contributed by atoms with Crippen molar-refractivity contribution in [1.29, 1.82) is 0 Å². The fourth-order valence-corrected chi connectivity index (χ4v) is 13.0. The van der Waals surface area contributed by atoms with Gasteiger partial charge in [0.1, 0.15) is 19.3 Å². The van der Waals surface area contributed by atoms with Crippen LogP contribution in [0.2, 0.25) is 0 Å². The molecule has 3 N–H and O–H groups in total. The molecule has 0 aliphatic rings. The molecule has 0 rings (SSSR count). The molecule has 558 valence electrons. The van der Waals surface area contributed by atoms with E-state index in [0.717, 1.165) is 114 Å². The molecule has 0 heterocycles. The second-order valence-corrected chi connectivity index (χ2v) is 31.9. The molecule has 0 aromatic heterocycles. The van der Waals surface area contributed by atoms with E-state index in [9.17, 15) is 43.2 Å². The Labute approximate surface area is 575 Å². The number of esters is 4. The second-order valence-electron chi connectivity index (χ2n) is 28.9. The Hall–Kier alpha value is -1.94. The Balaban J connectivity index is 5.16. The molecular weight excluding hydrogens is 1230 g/mol. The molecule has 0 aliphatic carbocycles. The fourth-order valence-electron chi connectivity index (χ4n) is 11.4. The molecule has 0 radical (unpaired) electrons. The predicted octanol–water partition coefficient (Wildman–Crippen LogP) is 21.7. The van der Waals surface area contributed by atoms with E-state index in [1.54, 1.807) is 0 Å². The molecule has 0 saturated carbocycles. The standard InChI is InChI=1S/C75H146O17P2/c1-65(2)51-43-35-27-20-17-15-13-11-9-10-12-14-16-18-22-31-39-47-55-72(77)85-61-70(91-74(79)57-49-41-32-23-19-21-28-36-44-52-66(3)4)63-89-93(81,82)87-59-69(76)60-88-94(83,84)90-64-71(62-86-73(78)56-48-40-34-26-30-38-46-54-68(7)8)92-75(80)58-50-42-33-25-24-29-37-45-53-67(5)6/h65-71,76H,9-64H2,1-8H3,(H,81,82)(H,83,84)/t69?,70-,71-/m1/s1. The predicted molar refractivity (Wildman–Crippen MR) is 381 cm³/mol. The molecule has 5 atom stereocenters. The number of hydrogen-bond donors (Lipinski definition) is 3. The third-order valence-electron chi connectivity index (χ3n) is 17.3. The summed E-state index contributed by atoms with van der Waals surface area (Å²) in [5, 5.41) is 10.6. The van der Waals surface area contributed by atoms with E-state index in [0.29, 0.717) is 31.6 Å². The van der Waals surface area contributed by atoms with Gasteiger partial charge in [-0.3, -0.25) is 37.3 Å². The van der Waals surface area contributed by atoms with Gasteiger partial charge < -0.3 is 33.8 Å². The average Bonchev–Trinajstić information content (AvgIpc) is 1.65. The Morgan fingerprint density at radius 3 is 0.660 bits per heavy atom. The Morgan fingerprint density at radius 1 is 0.266 bits per heavy atom. The molecule has 0 fully saturated rings. The minimum absolute atomic E-state index is 0.103. The van der Waals surface area contributed by atoms with Crippen LogP contribution in [0, 0.1) is 23.7 Å². The van der Waals surface area contributed by atoms with Crippen molar-refractivity contribution in [3.63, 3.8) is 0 Å². The summed E-state index contributed by atoms with van der Waals surface area (Å²) in [5.74, 6) is 0.856. The number of rotatable bonds is 72. The van der Waals surface area contributed by atoms with E-state index >= 15 is 0 Å². The minimum Gasteiger partial charge on any atom is -0.462 e. The summed E-state index contributed by atoms with van der Waals surface area (Å²) in [7, 11) is -9.91. The molecule has 17 nitrogen and oxygen atoms in total. The maximum Gasteiger partial charge on any atom is 0.472 e. The molecule has 0 aliphatic heterocycles. The highest BCUT2D eigenvalue weighted by molar-refractivity contribution is 7.47. The number of unbranched alkanes of at least 4 members (excludes halogenated alkanes) is 38. The topological polar surface area (TPSA) is 237 Å². The Bertz CT molecular complexity index is 1850. The third-order valence-corrected chi connectivity index (χ3v) is 19.2. The van der Waals surface area contributed by atoms with E-state index in [1.165, 1.54) is 173 Å². The molecule has 0 aromatic carbocycles. The van der Waals surface area contributed by atoms with Gasteiger partial charge in [0.25, 0.3) is 0 Å². The molecule has 0 aromatic rings. The van der Waals surface area contributed by atoms with E-state index in [2.05, 4.69) is 55.4 Å². The highest BCUT2D eigenvalue weighted by Crippen LogP contribution is 2.45. The monoisotopic (exact) mass is 1380 g/mol. The summed E-state index contributed by atoms with van der Waals surface area (Å²) in [4.78, 5) is 72.7. The summed E-state index contributed by atoms with van der Waals surface area (Å²) >= 11 is 0. The summed E-state index contributed by atoms with van der Waals surface area (Å²) in [6, 6.07) is 0. The van der Waals surface area contributed by atoms with Gasteiger partial charge in [0.2, 0.25) is 0 Å². The van der Waals surface area contributed by atoms with Crippen LogP contribution in [0.15, 0.2) is 0 Å². The van der Waals surface area contributed by atoms with Crippen LogP contribution in [0.4, 0.5) is 0 Å². The molecule has 3 unspecified atom stereocenters. The van der Waals surface area contributed by atoms with Crippen molar-refractivity contribution in [3.8, 4) is 0 Å². The molecule has 0 saturated heterocycles. The maximum atomic E-state index is 13.1. The number of ether oxygens (including phenoxy) is 4. The van der Waals surface area contributed by atoms with Gasteiger partial charge in [-0.05, 0) is 49.4 Å². The Kier molecular flexibility index (Phi) is 63.1.